The largest absolute Gasteiger partial charge is 0.477 e. The van der Waals surface area contributed by atoms with E-state index in [0.29, 0.717) is 16.5 Å². The summed E-state index contributed by atoms with van der Waals surface area (Å²) in [5.41, 5.74) is 17.7. The Labute approximate surface area is 222 Å². The molecule has 196 valence electrons. The SMILES string of the molecule is CCO/N=C(\C(=O)NC1C(=O)N2C(C(=O)O)=C(CSc3nc(N)c(N)c[n+]3N)CS[C@H]12)c1csc(N)n1. The molecular weight excluding hydrogens is 544 g/mol. The van der Waals surface area contributed by atoms with Crippen molar-refractivity contribution in [3.63, 3.8) is 0 Å². The van der Waals surface area contributed by atoms with E-state index in [-0.39, 0.29) is 46.1 Å². The van der Waals surface area contributed by atoms with Crippen LogP contribution in [0.5, 0.6) is 0 Å². The summed E-state index contributed by atoms with van der Waals surface area (Å²) >= 11 is 3.59. The second kappa shape index (κ2) is 10.7. The van der Waals surface area contributed by atoms with Crippen LogP contribution in [0.25, 0.3) is 0 Å². The molecule has 37 heavy (non-hydrogen) atoms. The molecule has 1 saturated heterocycles. The van der Waals surface area contributed by atoms with E-state index in [0.717, 1.165) is 23.1 Å². The first-order valence-corrected chi connectivity index (χ1v) is 13.5. The first-order chi connectivity index (χ1) is 17.6. The van der Waals surface area contributed by atoms with E-state index in [1.54, 1.807) is 12.3 Å². The quantitative estimate of drug-likeness (QED) is 0.0387. The minimum Gasteiger partial charge on any atom is -0.477 e. The fourth-order valence-corrected chi connectivity index (χ4v) is 6.42. The Bertz CT molecular complexity index is 1330. The number of rotatable bonds is 9. The van der Waals surface area contributed by atoms with Crippen LogP contribution < -0.4 is 33.0 Å². The number of nitrogens with zero attached hydrogens (tertiary/aromatic N) is 5. The number of nitrogens with two attached hydrogens (primary N) is 4. The molecule has 4 rings (SSSR count). The number of carbonyl (C=O) groups is 3. The van der Waals surface area contributed by atoms with Gasteiger partial charge in [-0.3, -0.25) is 20.3 Å². The number of nitrogens with one attached hydrogen (secondary N) is 1. The second-order valence-electron chi connectivity index (χ2n) is 7.61. The topological polar surface area (TPSA) is 242 Å². The number of amides is 2. The van der Waals surface area contributed by atoms with Gasteiger partial charge in [0.05, 0.1) is 0 Å². The van der Waals surface area contributed by atoms with Crippen molar-refractivity contribution in [2.75, 3.05) is 41.2 Å². The average molecular weight is 568 g/mol. The van der Waals surface area contributed by atoms with Crippen molar-refractivity contribution in [2.24, 2.45) is 5.16 Å². The molecule has 2 aromatic rings. The maximum absolute atomic E-state index is 13.0. The van der Waals surface area contributed by atoms with Crippen molar-refractivity contribution >= 4 is 75.0 Å². The van der Waals surface area contributed by atoms with E-state index in [4.69, 9.17) is 27.9 Å². The lowest BCUT2D eigenvalue weighted by atomic mass is 10.0. The van der Waals surface area contributed by atoms with Crippen LogP contribution in [0, 0.1) is 0 Å². The number of β-lactam (4-membered cyclic amide) rings is 1. The molecule has 1 unspecified atom stereocenters. The highest BCUT2D eigenvalue weighted by Crippen LogP contribution is 2.41. The van der Waals surface area contributed by atoms with E-state index < -0.39 is 29.2 Å². The smallest absolute Gasteiger partial charge is 0.384 e. The zero-order valence-electron chi connectivity index (χ0n) is 19.3. The van der Waals surface area contributed by atoms with Gasteiger partial charge in [-0.25, -0.2) is 9.78 Å². The molecule has 0 aromatic carbocycles. The van der Waals surface area contributed by atoms with Gasteiger partial charge in [0, 0.05) is 16.9 Å². The number of carboxylic acids is 1. The van der Waals surface area contributed by atoms with Gasteiger partial charge in [0.15, 0.2) is 10.8 Å². The number of nitrogen functional groups attached to an aromatic ring is 4. The van der Waals surface area contributed by atoms with Gasteiger partial charge in [-0.15, -0.1) is 27.8 Å². The fraction of sp³-hybridized carbons (Fsp3) is 0.316. The van der Waals surface area contributed by atoms with Crippen molar-refractivity contribution in [2.45, 2.75) is 23.5 Å². The number of hydrogen-bond donors (Lipinski definition) is 6. The number of hydrogen-bond acceptors (Lipinski definition) is 14. The molecule has 2 aliphatic rings. The van der Waals surface area contributed by atoms with Gasteiger partial charge in [0.1, 0.15) is 41.3 Å². The van der Waals surface area contributed by atoms with Crippen LogP contribution in [0.4, 0.5) is 16.6 Å². The van der Waals surface area contributed by atoms with E-state index in [2.05, 4.69) is 20.4 Å². The molecule has 4 heterocycles. The van der Waals surface area contributed by atoms with Crippen molar-refractivity contribution in [3.05, 3.63) is 28.5 Å². The number of fused-ring (bicyclic) bond motifs is 1. The summed E-state index contributed by atoms with van der Waals surface area (Å²) in [4.78, 5) is 52.4. The number of anilines is 3. The molecule has 18 heteroatoms. The summed E-state index contributed by atoms with van der Waals surface area (Å²) in [6, 6.07) is -0.964. The van der Waals surface area contributed by atoms with E-state index in [9.17, 15) is 19.5 Å². The Balaban J connectivity index is 1.50. The van der Waals surface area contributed by atoms with Crippen LogP contribution in [-0.2, 0) is 19.2 Å². The van der Waals surface area contributed by atoms with Gasteiger partial charge in [0.25, 0.3) is 17.6 Å². The number of thiazole rings is 1. The van der Waals surface area contributed by atoms with Crippen LogP contribution in [-0.4, -0.2) is 73.0 Å². The lowest BCUT2D eigenvalue weighted by molar-refractivity contribution is -0.681. The first kappa shape index (κ1) is 26.3. The van der Waals surface area contributed by atoms with Gasteiger partial charge < -0.3 is 32.5 Å². The second-order valence-corrected chi connectivity index (χ2v) is 10.5. The molecule has 2 atom stereocenters. The molecule has 0 spiro atoms. The van der Waals surface area contributed by atoms with Gasteiger partial charge >= 0.3 is 11.1 Å². The highest BCUT2D eigenvalue weighted by Gasteiger charge is 2.54. The minimum absolute atomic E-state index is 0.0961. The van der Waals surface area contributed by atoms with E-state index in [1.165, 1.54) is 27.5 Å². The Kier molecular flexibility index (Phi) is 7.60. The molecule has 2 aliphatic heterocycles. The minimum atomic E-state index is -1.26. The zero-order chi connectivity index (χ0) is 26.9. The Morgan fingerprint density at radius 3 is 2.78 bits per heavy atom. The van der Waals surface area contributed by atoms with Crippen LogP contribution in [0.15, 0.2) is 33.2 Å². The fourth-order valence-electron chi connectivity index (χ4n) is 3.49. The van der Waals surface area contributed by atoms with E-state index in [1.807, 2.05) is 0 Å². The third-order valence-electron chi connectivity index (χ3n) is 5.19. The van der Waals surface area contributed by atoms with Gasteiger partial charge in [-0.1, -0.05) is 5.16 Å². The number of carboxylic acid groups (broad SMARTS) is 1. The maximum atomic E-state index is 13.0. The van der Waals surface area contributed by atoms with Crippen molar-refractivity contribution in [1.29, 1.82) is 0 Å². The molecule has 0 radical (unpaired) electrons. The standard InChI is InChI=1S/C19H22N10O5S3/c1-2-34-27-10(9-6-36-18(22)24-9)14(30)25-11-15(31)29-12(17(32)33)7(4-35-16(11)29)5-37-19-26-13(21)8(20)3-28(19)23/h3,6,11,16,21H,2,4-5,20,23H2,1H3,(H4,22,24,25,30,32,33)/p+1/b27-10-/t11?,16-/m1/s1. The van der Waals surface area contributed by atoms with Crippen molar-refractivity contribution in [1.82, 2.24) is 20.2 Å². The van der Waals surface area contributed by atoms with Crippen LogP contribution in [0.1, 0.15) is 12.6 Å². The Morgan fingerprint density at radius 2 is 2.14 bits per heavy atom. The summed E-state index contributed by atoms with van der Waals surface area (Å²) in [6.45, 7) is 1.91. The molecule has 15 nitrogen and oxygen atoms in total. The normalized spacial score (nSPS) is 19.3. The average Bonchev–Trinajstić information content (AvgIpc) is 3.29. The molecule has 10 N–H and O–H groups in total. The van der Waals surface area contributed by atoms with Gasteiger partial charge in [-0.05, 0) is 29.2 Å². The molecule has 2 aromatic heterocycles. The van der Waals surface area contributed by atoms with Gasteiger partial charge in [0.2, 0.25) is 0 Å². The number of oxime groups is 1. The molecule has 0 aliphatic carbocycles. The Hall–Kier alpha value is -3.77. The number of aliphatic carboxylic acids is 1. The highest BCUT2D eigenvalue weighted by atomic mass is 32.2. The summed E-state index contributed by atoms with van der Waals surface area (Å²) in [7, 11) is 0. The number of thioether (sulfide) groups is 2. The Morgan fingerprint density at radius 1 is 1.38 bits per heavy atom. The molecule has 0 bridgehead atoms. The van der Waals surface area contributed by atoms with Crippen LogP contribution >= 0.6 is 34.9 Å². The predicted molar refractivity (Wildman–Crippen MR) is 139 cm³/mol. The monoisotopic (exact) mass is 567 g/mol. The summed E-state index contributed by atoms with van der Waals surface area (Å²) in [6.07, 6.45) is 1.40. The third kappa shape index (κ3) is 5.20. The van der Waals surface area contributed by atoms with Crippen LogP contribution in [0.2, 0.25) is 0 Å². The molecule has 2 amide bonds. The van der Waals surface area contributed by atoms with E-state index >= 15 is 0 Å². The van der Waals surface area contributed by atoms with Gasteiger partial charge in [-0.2, -0.15) is 0 Å². The number of carbonyl (C=O) groups excluding carboxylic acids is 2. The number of aromatic nitrogens is 3. The lowest BCUT2D eigenvalue weighted by Crippen LogP contribution is -2.71. The summed E-state index contributed by atoms with van der Waals surface area (Å²) < 4.78 is 1.19. The maximum Gasteiger partial charge on any atom is 0.384 e. The van der Waals surface area contributed by atoms with Crippen molar-refractivity contribution in [3.8, 4) is 0 Å². The highest BCUT2D eigenvalue weighted by molar-refractivity contribution is 8.01. The predicted octanol–water partition coefficient (Wildman–Crippen LogP) is -1.44. The summed E-state index contributed by atoms with van der Waals surface area (Å²) in [5, 5.41) is 17.8. The molecular formula is C19H23N10O5S3+. The molecule has 1 fully saturated rings. The zero-order valence-corrected chi connectivity index (χ0v) is 21.7. The molecule has 0 saturated carbocycles. The third-order valence-corrected chi connectivity index (χ3v) is 8.25. The lowest BCUT2D eigenvalue weighted by Gasteiger charge is -2.49. The van der Waals surface area contributed by atoms with Crippen LogP contribution in [0.3, 0.4) is 0 Å². The first-order valence-electron chi connectivity index (χ1n) is 10.6. The van der Waals surface area contributed by atoms with Crippen molar-refractivity contribution < 1.29 is 29.0 Å². The summed E-state index contributed by atoms with van der Waals surface area (Å²) in [5.74, 6) is 3.93.